The molecule has 0 aliphatic rings. The molecule has 1 amide bonds. The van der Waals surface area contributed by atoms with E-state index in [1.807, 2.05) is 38.1 Å². The van der Waals surface area contributed by atoms with E-state index in [-0.39, 0.29) is 11.3 Å². The van der Waals surface area contributed by atoms with Crippen LogP contribution in [0, 0.1) is 13.8 Å². The van der Waals surface area contributed by atoms with Crippen LogP contribution in [0.3, 0.4) is 0 Å². The lowest BCUT2D eigenvalue weighted by molar-refractivity contribution is 0.102. The molecular formula is C23H18N2O3. The van der Waals surface area contributed by atoms with Gasteiger partial charge in [-0.05, 0) is 49.7 Å². The monoisotopic (exact) mass is 370 g/mol. The molecule has 0 aliphatic heterocycles. The van der Waals surface area contributed by atoms with Crippen molar-refractivity contribution in [2.75, 3.05) is 5.32 Å². The van der Waals surface area contributed by atoms with Gasteiger partial charge in [0.25, 0.3) is 5.91 Å². The Hall–Kier alpha value is -3.73. The number of nitrogens with one attached hydrogen (secondary N) is 1. The van der Waals surface area contributed by atoms with E-state index in [9.17, 15) is 9.59 Å². The van der Waals surface area contributed by atoms with Crippen LogP contribution >= 0.6 is 0 Å². The zero-order valence-electron chi connectivity index (χ0n) is 15.5. The minimum atomic E-state index is -0.246. The smallest absolute Gasteiger partial charge is 0.256 e. The van der Waals surface area contributed by atoms with Gasteiger partial charge in [0, 0.05) is 23.4 Å². The minimum Gasteiger partial charge on any atom is -0.456 e. The lowest BCUT2D eigenvalue weighted by atomic mass is 10.1. The third kappa shape index (κ3) is 3.42. The maximum atomic E-state index is 12.5. The highest BCUT2D eigenvalue weighted by Gasteiger charge is 2.11. The highest BCUT2D eigenvalue weighted by Crippen LogP contribution is 2.23. The molecule has 0 radical (unpaired) electrons. The molecule has 0 saturated carbocycles. The first-order valence-corrected chi connectivity index (χ1v) is 8.89. The number of aromatic nitrogens is 1. The van der Waals surface area contributed by atoms with E-state index in [1.165, 1.54) is 6.07 Å². The van der Waals surface area contributed by atoms with E-state index < -0.39 is 0 Å². The predicted molar refractivity (Wildman–Crippen MR) is 110 cm³/mol. The molecule has 2 aromatic heterocycles. The van der Waals surface area contributed by atoms with Gasteiger partial charge in [-0.15, -0.1) is 0 Å². The summed E-state index contributed by atoms with van der Waals surface area (Å²) in [7, 11) is 0. The fraction of sp³-hybridized carbons (Fsp3) is 0.0870. The Morgan fingerprint density at radius 1 is 1.00 bits per heavy atom. The van der Waals surface area contributed by atoms with Crippen molar-refractivity contribution in [1.29, 1.82) is 0 Å². The van der Waals surface area contributed by atoms with Gasteiger partial charge < -0.3 is 9.73 Å². The lowest BCUT2D eigenvalue weighted by Crippen LogP contribution is -2.13. The number of anilines is 1. The quantitative estimate of drug-likeness (QED) is 0.566. The van der Waals surface area contributed by atoms with Gasteiger partial charge in [0.05, 0.1) is 5.39 Å². The van der Waals surface area contributed by atoms with Crippen LogP contribution in [0.15, 0.2) is 76.1 Å². The van der Waals surface area contributed by atoms with Gasteiger partial charge >= 0.3 is 0 Å². The summed E-state index contributed by atoms with van der Waals surface area (Å²) in [6.45, 7) is 3.82. The standard InChI is InChI=1S/C23H18N2O3/c1-14-5-10-20-18(12-14)19(26)13-21(28-20)16-6-8-17(9-7-16)23(27)25-22-15(2)4-3-11-24-22/h3-13H,1-2H3,(H,24,25,27). The maximum Gasteiger partial charge on any atom is 0.256 e. The number of carbonyl (C=O) groups is 1. The normalized spacial score (nSPS) is 10.8. The number of rotatable bonds is 3. The summed E-state index contributed by atoms with van der Waals surface area (Å²) in [5.74, 6) is 0.755. The highest BCUT2D eigenvalue weighted by molar-refractivity contribution is 6.04. The van der Waals surface area contributed by atoms with Gasteiger partial charge in [-0.3, -0.25) is 9.59 Å². The number of fused-ring (bicyclic) bond motifs is 1. The van der Waals surface area contributed by atoms with Crippen LogP contribution in [0.1, 0.15) is 21.5 Å². The molecule has 138 valence electrons. The Kier molecular flexibility index (Phi) is 4.49. The number of aryl methyl sites for hydroxylation is 2. The van der Waals surface area contributed by atoms with Crippen molar-refractivity contribution in [3.63, 3.8) is 0 Å². The fourth-order valence-corrected chi connectivity index (χ4v) is 2.99. The number of pyridine rings is 1. The average Bonchev–Trinajstić information content (AvgIpc) is 2.70. The van der Waals surface area contributed by atoms with Gasteiger partial charge in [0.15, 0.2) is 5.43 Å². The second-order valence-corrected chi connectivity index (χ2v) is 6.67. The molecule has 0 fully saturated rings. The van der Waals surface area contributed by atoms with Crippen molar-refractivity contribution in [3.8, 4) is 11.3 Å². The Labute approximate surface area is 161 Å². The summed E-state index contributed by atoms with van der Waals surface area (Å²) in [6, 6.07) is 17.6. The number of hydrogen-bond acceptors (Lipinski definition) is 4. The molecule has 0 spiro atoms. The zero-order valence-corrected chi connectivity index (χ0v) is 15.5. The summed E-state index contributed by atoms with van der Waals surface area (Å²) in [6.07, 6.45) is 1.63. The summed E-state index contributed by atoms with van der Waals surface area (Å²) in [5, 5.41) is 3.36. The second kappa shape index (κ2) is 7.12. The molecule has 5 nitrogen and oxygen atoms in total. The van der Waals surface area contributed by atoms with Crippen molar-refractivity contribution in [2.24, 2.45) is 0 Å². The van der Waals surface area contributed by atoms with E-state index in [2.05, 4.69) is 10.3 Å². The fourth-order valence-electron chi connectivity index (χ4n) is 2.99. The van der Waals surface area contributed by atoms with Gasteiger partial charge in [-0.25, -0.2) is 4.98 Å². The van der Waals surface area contributed by atoms with Crippen LogP contribution < -0.4 is 10.7 Å². The molecule has 4 aromatic rings. The molecule has 2 aromatic carbocycles. The van der Waals surface area contributed by atoms with E-state index >= 15 is 0 Å². The van der Waals surface area contributed by atoms with Crippen LogP contribution in [-0.2, 0) is 0 Å². The number of benzene rings is 2. The largest absolute Gasteiger partial charge is 0.456 e. The molecule has 0 saturated heterocycles. The number of amides is 1. The van der Waals surface area contributed by atoms with Gasteiger partial charge in [0.2, 0.25) is 0 Å². The van der Waals surface area contributed by atoms with Crippen LogP contribution in [-0.4, -0.2) is 10.9 Å². The molecule has 2 heterocycles. The second-order valence-electron chi connectivity index (χ2n) is 6.67. The van der Waals surface area contributed by atoms with Crippen molar-refractivity contribution < 1.29 is 9.21 Å². The minimum absolute atomic E-state index is 0.0904. The van der Waals surface area contributed by atoms with Crippen molar-refractivity contribution in [3.05, 3.63) is 93.8 Å². The molecular weight excluding hydrogens is 352 g/mol. The maximum absolute atomic E-state index is 12.5. The molecule has 0 aliphatic carbocycles. The summed E-state index contributed by atoms with van der Waals surface area (Å²) < 4.78 is 5.88. The zero-order chi connectivity index (χ0) is 19.7. The Morgan fingerprint density at radius 2 is 1.79 bits per heavy atom. The highest BCUT2D eigenvalue weighted by atomic mass is 16.3. The lowest BCUT2D eigenvalue weighted by Gasteiger charge is -2.08. The van der Waals surface area contributed by atoms with E-state index in [0.29, 0.717) is 28.1 Å². The summed E-state index contributed by atoms with van der Waals surface area (Å²) in [5.41, 5.74) is 3.57. The van der Waals surface area contributed by atoms with Crippen LogP contribution in [0.25, 0.3) is 22.3 Å². The van der Waals surface area contributed by atoms with Crippen molar-refractivity contribution in [2.45, 2.75) is 13.8 Å². The molecule has 5 heteroatoms. The first kappa shape index (κ1) is 17.7. The number of hydrogen-bond donors (Lipinski definition) is 1. The van der Waals surface area contributed by atoms with E-state index in [4.69, 9.17) is 4.42 Å². The van der Waals surface area contributed by atoms with Gasteiger partial charge in [-0.1, -0.05) is 29.8 Å². The first-order chi connectivity index (χ1) is 13.5. The molecule has 0 unspecified atom stereocenters. The van der Waals surface area contributed by atoms with Gasteiger partial charge in [0.1, 0.15) is 17.2 Å². The summed E-state index contributed by atoms with van der Waals surface area (Å²) in [4.78, 5) is 29.0. The average molecular weight is 370 g/mol. The Balaban J connectivity index is 1.62. The van der Waals surface area contributed by atoms with Crippen LogP contribution in [0.2, 0.25) is 0 Å². The SMILES string of the molecule is Cc1ccc2oc(-c3ccc(C(=O)Nc4ncccc4C)cc3)cc(=O)c2c1. The summed E-state index contributed by atoms with van der Waals surface area (Å²) >= 11 is 0. The number of carbonyl (C=O) groups excluding carboxylic acids is 1. The number of nitrogens with zero attached hydrogens (tertiary/aromatic N) is 1. The molecule has 1 N–H and O–H groups in total. The van der Waals surface area contributed by atoms with Crippen LogP contribution in [0.5, 0.6) is 0 Å². The Bertz CT molecular complexity index is 1240. The predicted octanol–water partition coefficient (Wildman–Crippen LogP) is 4.72. The van der Waals surface area contributed by atoms with Crippen LogP contribution in [0.4, 0.5) is 5.82 Å². The molecule has 28 heavy (non-hydrogen) atoms. The van der Waals surface area contributed by atoms with E-state index in [0.717, 1.165) is 16.7 Å². The third-order valence-electron chi connectivity index (χ3n) is 4.56. The molecule has 0 atom stereocenters. The molecule has 0 bridgehead atoms. The topological polar surface area (TPSA) is 72.2 Å². The third-order valence-corrected chi connectivity index (χ3v) is 4.56. The first-order valence-electron chi connectivity index (χ1n) is 8.89. The van der Waals surface area contributed by atoms with Crippen molar-refractivity contribution >= 4 is 22.7 Å². The van der Waals surface area contributed by atoms with E-state index in [1.54, 1.807) is 36.5 Å². The molecule has 4 rings (SSSR count). The van der Waals surface area contributed by atoms with Gasteiger partial charge in [-0.2, -0.15) is 0 Å². The Morgan fingerprint density at radius 3 is 2.54 bits per heavy atom. The van der Waals surface area contributed by atoms with Crippen molar-refractivity contribution in [1.82, 2.24) is 4.98 Å².